The average Bonchev–Trinajstić information content (AvgIpc) is 3.33. The molecule has 0 spiro atoms. The van der Waals surface area contributed by atoms with Crippen molar-refractivity contribution in [3.63, 3.8) is 0 Å². The monoisotopic (exact) mass is 935 g/mol. The standard InChI is InChI=1S/C61H106O6/c1-4-7-10-13-16-19-22-25-27-29-30-32-33-36-39-42-45-48-51-54-60(63)66-57-58(56-65-59(62)53-50-47-44-41-38-35-24-21-18-15-12-9-6-3)67-61(64)55-52-49-46-43-40-37-34-31-28-26-23-20-17-14-11-8-5-2/h9,12,15,18,21,24,29-30,35,38,41,44,58H,4-8,10-11,13-14,16-17,19-20,22-23,25-28,31-34,36-37,39-40,42-43,45-57H2,1-3H3/b12-9-,18-15-,24-21-,30-29-,38-35-,44-41-. The van der Waals surface area contributed by atoms with Gasteiger partial charge >= 0.3 is 17.9 Å². The van der Waals surface area contributed by atoms with Crippen molar-refractivity contribution < 1.29 is 28.6 Å². The summed E-state index contributed by atoms with van der Waals surface area (Å²) in [5.74, 6) is -0.969. The molecule has 0 fully saturated rings. The highest BCUT2D eigenvalue weighted by molar-refractivity contribution is 5.71. The van der Waals surface area contributed by atoms with Gasteiger partial charge in [0.25, 0.3) is 0 Å². The zero-order valence-electron chi connectivity index (χ0n) is 44.2. The zero-order valence-corrected chi connectivity index (χ0v) is 44.2. The van der Waals surface area contributed by atoms with E-state index in [1.165, 1.54) is 180 Å². The predicted molar refractivity (Wildman–Crippen MR) is 288 cm³/mol. The van der Waals surface area contributed by atoms with Gasteiger partial charge in [0.1, 0.15) is 13.2 Å². The fourth-order valence-corrected chi connectivity index (χ4v) is 8.06. The van der Waals surface area contributed by atoms with E-state index in [0.717, 1.165) is 51.4 Å². The maximum atomic E-state index is 12.8. The van der Waals surface area contributed by atoms with Crippen LogP contribution in [0.1, 0.15) is 278 Å². The number of carbonyl (C=O) groups is 3. The Hall–Kier alpha value is -3.15. The van der Waals surface area contributed by atoms with E-state index in [9.17, 15) is 14.4 Å². The van der Waals surface area contributed by atoms with Gasteiger partial charge in [-0.2, -0.15) is 0 Å². The molecule has 0 rings (SSSR count). The molecule has 0 N–H and O–H groups in total. The lowest BCUT2D eigenvalue weighted by Gasteiger charge is -2.18. The molecule has 0 aromatic heterocycles. The normalized spacial score (nSPS) is 12.6. The second kappa shape index (κ2) is 55.4. The molecule has 0 aromatic rings. The molecule has 0 aliphatic heterocycles. The van der Waals surface area contributed by atoms with Crippen LogP contribution in [-0.2, 0) is 28.6 Å². The Morgan fingerprint density at radius 3 is 1.00 bits per heavy atom. The molecular weight excluding hydrogens is 829 g/mol. The maximum absolute atomic E-state index is 12.8. The molecule has 6 heteroatoms. The third kappa shape index (κ3) is 53.7. The lowest BCUT2D eigenvalue weighted by atomic mass is 10.0. The van der Waals surface area contributed by atoms with Gasteiger partial charge < -0.3 is 14.2 Å². The molecule has 0 aliphatic rings. The van der Waals surface area contributed by atoms with Crippen molar-refractivity contribution in [3.8, 4) is 0 Å². The summed E-state index contributed by atoms with van der Waals surface area (Å²) in [6, 6.07) is 0. The number of rotatable bonds is 51. The van der Waals surface area contributed by atoms with Crippen molar-refractivity contribution >= 4 is 17.9 Å². The molecule has 0 heterocycles. The largest absolute Gasteiger partial charge is 0.462 e. The van der Waals surface area contributed by atoms with Crippen LogP contribution in [0.3, 0.4) is 0 Å². The molecule has 6 nitrogen and oxygen atoms in total. The molecule has 0 aliphatic carbocycles. The van der Waals surface area contributed by atoms with E-state index in [2.05, 4.69) is 39.0 Å². The smallest absolute Gasteiger partial charge is 0.306 e. The number of esters is 3. The number of carbonyl (C=O) groups excluding carboxylic acids is 3. The van der Waals surface area contributed by atoms with Crippen molar-refractivity contribution in [2.75, 3.05) is 13.2 Å². The topological polar surface area (TPSA) is 78.9 Å². The summed E-state index contributed by atoms with van der Waals surface area (Å²) < 4.78 is 16.8. The number of allylic oxidation sites excluding steroid dienone is 12. The second-order valence-electron chi connectivity index (χ2n) is 18.9. The summed E-state index contributed by atoms with van der Waals surface area (Å²) in [5, 5.41) is 0. The Labute approximate surface area is 414 Å². The first-order chi connectivity index (χ1) is 33.0. The summed E-state index contributed by atoms with van der Waals surface area (Å²) in [6.45, 7) is 6.45. The molecule has 386 valence electrons. The van der Waals surface area contributed by atoms with E-state index in [0.29, 0.717) is 19.3 Å². The van der Waals surface area contributed by atoms with E-state index in [1.807, 2.05) is 54.7 Å². The van der Waals surface area contributed by atoms with Crippen LogP contribution in [0.4, 0.5) is 0 Å². The lowest BCUT2D eigenvalue weighted by molar-refractivity contribution is -0.167. The van der Waals surface area contributed by atoms with Gasteiger partial charge in [0.15, 0.2) is 6.10 Å². The Bertz CT molecular complexity index is 1260. The van der Waals surface area contributed by atoms with E-state index < -0.39 is 6.10 Å². The average molecular weight is 936 g/mol. The van der Waals surface area contributed by atoms with Crippen molar-refractivity contribution in [1.82, 2.24) is 0 Å². The van der Waals surface area contributed by atoms with Gasteiger partial charge in [-0.3, -0.25) is 14.4 Å². The Kier molecular flexibility index (Phi) is 52.8. The molecule has 0 amide bonds. The SMILES string of the molecule is CC\C=C/C=C\C=C/C=C\C=C/CCCC(=O)OCC(COC(=O)CCCCCCCCC/C=C\CCCCCCCCCC)OC(=O)CCCCCCCCCCCCCCCCCCC. The van der Waals surface area contributed by atoms with Crippen LogP contribution in [0.25, 0.3) is 0 Å². The van der Waals surface area contributed by atoms with E-state index >= 15 is 0 Å². The lowest BCUT2D eigenvalue weighted by Crippen LogP contribution is -2.30. The summed E-state index contributed by atoms with van der Waals surface area (Å²) in [4.78, 5) is 38.1. The van der Waals surface area contributed by atoms with Gasteiger partial charge in [-0.25, -0.2) is 0 Å². The third-order valence-electron chi connectivity index (χ3n) is 12.3. The van der Waals surface area contributed by atoms with Crippen molar-refractivity contribution in [2.45, 2.75) is 284 Å². The zero-order chi connectivity index (χ0) is 48.6. The second-order valence-corrected chi connectivity index (χ2v) is 18.9. The first-order valence-corrected chi connectivity index (χ1v) is 28.5. The van der Waals surface area contributed by atoms with Gasteiger partial charge in [-0.1, -0.05) is 273 Å². The molecule has 0 saturated carbocycles. The van der Waals surface area contributed by atoms with Crippen molar-refractivity contribution in [1.29, 1.82) is 0 Å². The highest BCUT2D eigenvalue weighted by Crippen LogP contribution is 2.16. The minimum Gasteiger partial charge on any atom is -0.462 e. The molecule has 0 saturated heterocycles. The molecule has 1 unspecified atom stereocenters. The Morgan fingerprint density at radius 2 is 0.612 bits per heavy atom. The van der Waals surface area contributed by atoms with E-state index in [-0.39, 0.29) is 37.5 Å². The highest BCUT2D eigenvalue weighted by Gasteiger charge is 2.19. The summed E-state index contributed by atoms with van der Waals surface area (Å²) in [5.41, 5.74) is 0. The molecular formula is C61H106O6. The van der Waals surface area contributed by atoms with Crippen molar-refractivity contribution in [2.24, 2.45) is 0 Å². The number of hydrogen-bond acceptors (Lipinski definition) is 6. The molecule has 0 aromatic carbocycles. The van der Waals surface area contributed by atoms with Gasteiger partial charge in [-0.05, 0) is 57.8 Å². The molecule has 67 heavy (non-hydrogen) atoms. The Morgan fingerprint density at radius 1 is 0.313 bits per heavy atom. The summed E-state index contributed by atoms with van der Waals surface area (Å²) >= 11 is 0. The first-order valence-electron chi connectivity index (χ1n) is 28.5. The number of ether oxygens (including phenoxy) is 3. The van der Waals surface area contributed by atoms with Crippen LogP contribution in [0.2, 0.25) is 0 Å². The number of unbranched alkanes of at least 4 members (excludes halogenated alkanes) is 32. The molecule has 1 atom stereocenters. The predicted octanol–water partition coefficient (Wildman–Crippen LogP) is 19.0. The number of hydrogen-bond donors (Lipinski definition) is 0. The summed E-state index contributed by atoms with van der Waals surface area (Å²) in [7, 11) is 0. The fraction of sp³-hybridized carbons (Fsp3) is 0.754. The third-order valence-corrected chi connectivity index (χ3v) is 12.3. The quantitative estimate of drug-likeness (QED) is 0.0199. The van der Waals surface area contributed by atoms with Crippen LogP contribution < -0.4 is 0 Å². The van der Waals surface area contributed by atoms with Crippen LogP contribution in [0.15, 0.2) is 72.9 Å². The van der Waals surface area contributed by atoms with Crippen LogP contribution in [0.5, 0.6) is 0 Å². The Balaban J connectivity index is 4.41. The van der Waals surface area contributed by atoms with E-state index in [4.69, 9.17) is 14.2 Å². The molecule has 0 radical (unpaired) electrons. The first kappa shape index (κ1) is 63.8. The van der Waals surface area contributed by atoms with Crippen molar-refractivity contribution in [3.05, 3.63) is 72.9 Å². The summed E-state index contributed by atoms with van der Waals surface area (Å²) in [6.07, 6.45) is 70.5. The van der Waals surface area contributed by atoms with Gasteiger partial charge in [0, 0.05) is 19.3 Å². The van der Waals surface area contributed by atoms with E-state index in [1.54, 1.807) is 0 Å². The minimum absolute atomic E-state index is 0.0980. The van der Waals surface area contributed by atoms with Crippen LogP contribution >= 0.6 is 0 Å². The molecule has 0 bridgehead atoms. The van der Waals surface area contributed by atoms with Gasteiger partial charge in [-0.15, -0.1) is 0 Å². The highest BCUT2D eigenvalue weighted by atomic mass is 16.6. The maximum Gasteiger partial charge on any atom is 0.306 e. The fourth-order valence-electron chi connectivity index (χ4n) is 8.06. The van der Waals surface area contributed by atoms with Crippen LogP contribution in [-0.4, -0.2) is 37.2 Å². The minimum atomic E-state index is -0.804. The van der Waals surface area contributed by atoms with Gasteiger partial charge in [0.05, 0.1) is 0 Å². The van der Waals surface area contributed by atoms with Gasteiger partial charge in [0.2, 0.25) is 0 Å². The van der Waals surface area contributed by atoms with Crippen LogP contribution in [0, 0.1) is 0 Å².